The molecule has 1 atom stereocenters. The van der Waals surface area contributed by atoms with Crippen molar-refractivity contribution in [2.24, 2.45) is 0 Å². The molecule has 0 radical (unpaired) electrons. The first kappa shape index (κ1) is 30.4. The Labute approximate surface area is 242 Å². The molecule has 1 aliphatic rings. The molecule has 10 heteroatoms. The van der Waals surface area contributed by atoms with E-state index in [2.05, 4.69) is 28.9 Å². The second-order valence-electron chi connectivity index (χ2n) is 10.8. The summed E-state index contributed by atoms with van der Waals surface area (Å²) in [6.45, 7) is 7.16. The van der Waals surface area contributed by atoms with E-state index in [0.717, 1.165) is 17.7 Å². The number of hydrazine groups is 1. The molecule has 2 heterocycles. The summed E-state index contributed by atoms with van der Waals surface area (Å²) in [5.41, 5.74) is 8.74. The predicted molar refractivity (Wildman–Crippen MR) is 166 cm³/mol. The lowest BCUT2D eigenvalue weighted by molar-refractivity contribution is 0.177. The fourth-order valence-electron chi connectivity index (χ4n) is 5.70. The highest BCUT2D eigenvalue weighted by molar-refractivity contribution is 5.73. The smallest absolute Gasteiger partial charge is 0.332 e. The number of nitrogen functional groups attached to an aromatic ring is 1. The van der Waals surface area contributed by atoms with Gasteiger partial charge in [-0.05, 0) is 63.7 Å². The Hall–Kier alpha value is -3.60. The van der Waals surface area contributed by atoms with Crippen molar-refractivity contribution in [1.82, 2.24) is 19.0 Å². The summed E-state index contributed by atoms with van der Waals surface area (Å²) in [5.74, 6) is 0.652. The van der Waals surface area contributed by atoms with Gasteiger partial charge in [0.15, 0.2) is 5.69 Å². The van der Waals surface area contributed by atoms with Crippen molar-refractivity contribution >= 4 is 17.2 Å². The zero-order valence-electron chi connectivity index (χ0n) is 24.9. The summed E-state index contributed by atoms with van der Waals surface area (Å²) in [6.07, 6.45) is 1.73. The van der Waals surface area contributed by atoms with E-state index in [0.29, 0.717) is 69.2 Å². The monoisotopic (exact) mass is 563 g/mol. The molecule has 0 spiro atoms. The molecule has 1 aromatic heterocycles. The molecule has 0 aliphatic carbocycles. The maximum atomic E-state index is 14.3. The minimum Gasteiger partial charge on any atom is -0.399 e. The molecule has 10 nitrogen and oxygen atoms in total. The van der Waals surface area contributed by atoms with E-state index in [1.54, 1.807) is 4.57 Å². The molecule has 0 saturated carbocycles. The SMILES string of the molecule is CCN1c2c(c(=O)n(CCCN(C)C)c(=O)n2CCc2ccc(N)cc2)N(N(CC)CCO)C1Cc1ccccc1. The summed E-state index contributed by atoms with van der Waals surface area (Å²) in [6, 6.07) is 17.9. The first-order valence-electron chi connectivity index (χ1n) is 14.6. The molecule has 41 heavy (non-hydrogen) atoms. The van der Waals surface area contributed by atoms with Gasteiger partial charge in [0.1, 0.15) is 12.0 Å². The molecular weight excluding hydrogens is 518 g/mol. The third-order valence-electron chi connectivity index (χ3n) is 7.74. The van der Waals surface area contributed by atoms with E-state index in [9.17, 15) is 14.7 Å². The maximum Gasteiger partial charge on any atom is 0.332 e. The number of aromatic nitrogens is 2. The van der Waals surface area contributed by atoms with E-state index >= 15 is 0 Å². The molecule has 0 amide bonds. The van der Waals surface area contributed by atoms with Crippen molar-refractivity contribution in [3.05, 3.63) is 86.6 Å². The highest BCUT2D eigenvalue weighted by Crippen LogP contribution is 2.38. The average Bonchev–Trinajstić information content (AvgIpc) is 3.28. The Morgan fingerprint density at radius 1 is 0.902 bits per heavy atom. The molecular formula is C31H45N7O3. The fourth-order valence-corrected chi connectivity index (χ4v) is 5.70. The number of anilines is 3. The number of benzene rings is 2. The minimum absolute atomic E-state index is 0.0440. The lowest BCUT2D eigenvalue weighted by atomic mass is 10.1. The Balaban J connectivity index is 1.89. The molecule has 0 bridgehead atoms. The Kier molecular flexibility index (Phi) is 10.3. The number of aliphatic hydroxyl groups is 1. The molecule has 3 N–H and O–H groups in total. The molecule has 222 valence electrons. The van der Waals surface area contributed by atoms with Gasteiger partial charge in [0.05, 0.1) is 6.61 Å². The van der Waals surface area contributed by atoms with Crippen molar-refractivity contribution < 1.29 is 5.11 Å². The zero-order valence-corrected chi connectivity index (χ0v) is 24.9. The summed E-state index contributed by atoms with van der Waals surface area (Å²) < 4.78 is 3.20. The standard InChI is InChI=1S/C31H45N7O3/c1-5-34(21-22-39)38-27(23-25-11-8-7-9-12-25)35(6-2)29-28(38)30(40)37(19-10-18-33(3)4)31(41)36(29)20-17-24-13-15-26(32)16-14-24/h7-9,11-16,27,39H,5-6,10,17-23,32H2,1-4H3. The number of aliphatic hydroxyl groups excluding tert-OH is 1. The molecule has 1 aliphatic heterocycles. The summed E-state index contributed by atoms with van der Waals surface area (Å²) in [5, 5.41) is 14.0. The molecule has 0 fully saturated rings. The number of likely N-dealkylation sites (N-methyl/N-ethyl adjacent to an activating group) is 2. The van der Waals surface area contributed by atoms with Crippen LogP contribution < -0.4 is 26.9 Å². The van der Waals surface area contributed by atoms with Gasteiger partial charge in [-0.1, -0.05) is 49.4 Å². The molecule has 0 saturated heterocycles. The van der Waals surface area contributed by atoms with Crippen LogP contribution in [0.1, 0.15) is 31.4 Å². The van der Waals surface area contributed by atoms with E-state index in [-0.39, 0.29) is 24.0 Å². The first-order valence-corrected chi connectivity index (χ1v) is 14.6. The van der Waals surface area contributed by atoms with E-state index in [4.69, 9.17) is 5.73 Å². The van der Waals surface area contributed by atoms with E-state index in [1.165, 1.54) is 4.57 Å². The van der Waals surface area contributed by atoms with Gasteiger partial charge in [-0.25, -0.2) is 9.80 Å². The van der Waals surface area contributed by atoms with Crippen LogP contribution in [0.15, 0.2) is 64.2 Å². The predicted octanol–water partition coefficient (Wildman–Crippen LogP) is 2.23. The van der Waals surface area contributed by atoms with Crippen LogP contribution in [0, 0.1) is 0 Å². The molecule has 1 unspecified atom stereocenters. The van der Waals surface area contributed by atoms with Gasteiger partial charge in [-0.3, -0.25) is 18.9 Å². The number of rotatable bonds is 14. The van der Waals surface area contributed by atoms with Crippen LogP contribution >= 0.6 is 0 Å². The Morgan fingerprint density at radius 2 is 1.61 bits per heavy atom. The molecule has 4 rings (SSSR count). The maximum absolute atomic E-state index is 14.3. The topological polar surface area (TPSA) is 103 Å². The number of nitrogens with zero attached hydrogens (tertiary/aromatic N) is 6. The van der Waals surface area contributed by atoms with Crippen molar-refractivity contribution in [2.45, 2.75) is 52.4 Å². The van der Waals surface area contributed by atoms with Gasteiger partial charge >= 0.3 is 5.69 Å². The summed E-state index contributed by atoms with van der Waals surface area (Å²) >= 11 is 0. The molecule has 3 aromatic rings. The van der Waals surface area contributed by atoms with Crippen LogP contribution in [0.25, 0.3) is 0 Å². The van der Waals surface area contributed by atoms with Crippen molar-refractivity contribution in [1.29, 1.82) is 0 Å². The van der Waals surface area contributed by atoms with Crippen molar-refractivity contribution in [3.63, 3.8) is 0 Å². The number of hydrogen-bond acceptors (Lipinski definition) is 8. The average molecular weight is 564 g/mol. The van der Waals surface area contributed by atoms with Gasteiger partial charge < -0.3 is 20.6 Å². The second kappa shape index (κ2) is 13.8. The third kappa shape index (κ3) is 6.66. The lowest BCUT2D eigenvalue weighted by Crippen LogP contribution is -2.55. The minimum atomic E-state index is -0.285. The van der Waals surface area contributed by atoms with Gasteiger partial charge in [-0.15, -0.1) is 0 Å². The van der Waals surface area contributed by atoms with Crippen LogP contribution in [-0.2, 0) is 25.9 Å². The normalized spacial score (nSPS) is 14.9. The lowest BCUT2D eigenvalue weighted by Gasteiger charge is -2.39. The summed E-state index contributed by atoms with van der Waals surface area (Å²) in [7, 11) is 3.97. The van der Waals surface area contributed by atoms with Crippen LogP contribution in [0.2, 0.25) is 0 Å². The highest BCUT2D eigenvalue weighted by atomic mass is 16.3. The van der Waals surface area contributed by atoms with Crippen LogP contribution in [0.5, 0.6) is 0 Å². The van der Waals surface area contributed by atoms with Crippen LogP contribution in [0.3, 0.4) is 0 Å². The molecule has 2 aromatic carbocycles. The number of nitrogens with two attached hydrogens (primary N) is 1. The van der Waals surface area contributed by atoms with Gasteiger partial charge in [-0.2, -0.15) is 0 Å². The van der Waals surface area contributed by atoms with Gasteiger partial charge in [0.25, 0.3) is 5.56 Å². The number of hydrogen-bond donors (Lipinski definition) is 2. The highest BCUT2D eigenvalue weighted by Gasteiger charge is 2.43. The van der Waals surface area contributed by atoms with Gasteiger partial charge in [0, 0.05) is 44.8 Å². The van der Waals surface area contributed by atoms with E-state index < -0.39 is 0 Å². The largest absolute Gasteiger partial charge is 0.399 e. The van der Waals surface area contributed by atoms with Crippen molar-refractivity contribution in [3.8, 4) is 0 Å². The second-order valence-corrected chi connectivity index (χ2v) is 10.8. The first-order chi connectivity index (χ1) is 19.8. The fraction of sp³-hybridized carbons (Fsp3) is 0.484. The number of aryl methyl sites for hydroxylation is 1. The third-order valence-corrected chi connectivity index (χ3v) is 7.74. The van der Waals surface area contributed by atoms with Gasteiger partial charge in [0.2, 0.25) is 0 Å². The van der Waals surface area contributed by atoms with Crippen LogP contribution in [0.4, 0.5) is 17.2 Å². The quantitative estimate of drug-likeness (QED) is 0.288. The Morgan fingerprint density at radius 3 is 2.22 bits per heavy atom. The van der Waals surface area contributed by atoms with Crippen molar-refractivity contribution in [2.75, 3.05) is 62.5 Å². The zero-order chi connectivity index (χ0) is 29.5. The number of fused-ring (bicyclic) bond motifs is 1. The summed E-state index contributed by atoms with van der Waals surface area (Å²) in [4.78, 5) is 32.6. The van der Waals surface area contributed by atoms with E-state index in [1.807, 2.05) is 73.5 Å². The Bertz CT molecular complexity index is 1390. The van der Waals surface area contributed by atoms with Crippen LogP contribution in [-0.4, -0.2) is 77.2 Å².